The van der Waals surface area contributed by atoms with Crippen molar-refractivity contribution in [3.05, 3.63) is 0 Å². The van der Waals surface area contributed by atoms with Gasteiger partial charge in [0.05, 0.1) is 0 Å². The zero-order valence-electron chi connectivity index (χ0n) is 7.65. The predicted molar refractivity (Wildman–Crippen MR) is 44.9 cm³/mol. The van der Waals surface area contributed by atoms with Crippen LogP contribution in [0.5, 0.6) is 0 Å². The third kappa shape index (κ3) is 1.98. The topological polar surface area (TPSA) is 20.2 Å². The molecule has 0 spiro atoms. The van der Waals surface area contributed by atoms with E-state index in [2.05, 4.69) is 27.7 Å². The molecule has 0 bridgehead atoms. The van der Waals surface area contributed by atoms with Crippen LogP contribution in [-0.2, 0) is 0 Å². The van der Waals surface area contributed by atoms with Crippen molar-refractivity contribution in [2.75, 3.05) is 6.61 Å². The predicted octanol–water partition coefficient (Wildman–Crippen LogP) is 2.44. The fraction of sp³-hybridized carbons (Fsp3) is 1.00. The highest BCUT2D eigenvalue weighted by Gasteiger charge is 2.26. The van der Waals surface area contributed by atoms with E-state index in [4.69, 9.17) is 5.11 Å². The van der Waals surface area contributed by atoms with Gasteiger partial charge in [-0.25, -0.2) is 0 Å². The molecule has 0 saturated carbocycles. The first-order chi connectivity index (χ1) is 4.60. The normalized spacial score (nSPS) is 15.3. The van der Waals surface area contributed by atoms with Gasteiger partial charge in [-0.15, -0.1) is 0 Å². The van der Waals surface area contributed by atoms with Crippen molar-refractivity contribution in [1.29, 1.82) is 0 Å². The van der Waals surface area contributed by atoms with Crippen LogP contribution in [-0.4, -0.2) is 11.7 Å². The summed E-state index contributed by atoms with van der Waals surface area (Å²) in [6, 6.07) is 0. The second-order valence-corrected chi connectivity index (χ2v) is 3.44. The summed E-state index contributed by atoms with van der Waals surface area (Å²) in [6.07, 6.45) is 2.32. The number of hydrogen-bond acceptors (Lipinski definition) is 1. The Hall–Kier alpha value is -0.0400. The van der Waals surface area contributed by atoms with Crippen LogP contribution in [0.4, 0.5) is 0 Å². The average Bonchev–Trinajstić information content (AvgIpc) is 2.01. The molecule has 0 rings (SSSR count). The van der Waals surface area contributed by atoms with Gasteiger partial charge in [0.25, 0.3) is 0 Å². The van der Waals surface area contributed by atoms with E-state index in [0.29, 0.717) is 17.9 Å². The molecule has 0 aliphatic carbocycles. The second kappa shape index (κ2) is 3.97. The molecule has 10 heavy (non-hydrogen) atoms. The van der Waals surface area contributed by atoms with Crippen LogP contribution in [0.1, 0.15) is 40.5 Å². The molecule has 0 radical (unpaired) electrons. The number of aliphatic hydroxyl groups is 1. The van der Waals surface area contributed by atoms with Crippen molar-refractivity contribution in [3.63, 3.8) is 0 Å². The molecule has 62 valence electrons. The summed E-state index contributed by atoms with van der Waals surface area (Å²) in [7, 11) is 0. The van der Waals surface area contributed by atoms with Crippen LogP contribution in [0.15, 0.2) is 0 Å². The number of aliphatic hydroxyl groups excluding tert-OH is 1. The Kier molecular flexibility index (Phi) is 3.95. The Balaban J connectivity index is 4.02. The largest absolute Gasteiger partial charge is 0.396 e. The van der Waals surface area contributed by atoms with E-state index in [9.17, 15) is 0 Å². The molecule has 0 aromatic heterocycles. The molecule has 1 atom stereocenters. The summed E-state index contributed by atoms with van der Waals surface area (Å²) < 4.78 is 0. The third-order valence-electron chi connectivity index (χ3n) is 3.08. The van der Waals surface area contributed by atoms with Crippen molar-refractivity contribution in [2.24, 2.45) is 11.3 Å². The molecule has 0 aromatic rings. The lowest BCUT2D eigenvalue weighted by Crippen LogP contribution is -2.26. The Morgan fingerprint density at radius 2 is 1.70 bits per heavy atom. The van der Waals surface area contributed by atoms with Gasteiger partial charge in [-0.3, -0.25) is 0 Å². The molecule has 1 heteroatoms. The highest BCUT2D eigenvalue weighted by molar-refractivity contribution is 4.76. The summed E-state index contributed by atoms with van der Waals surface area (Å²) in [5, 5.41) is 8.93. The molecule has 0 saturated heterocycles. The monoisotopic (exact) mass is 144 g/mol. The summed E-state index contributed by atoms with van der Waals surface area (Å²) >= 11 is 0. The standard InChI is InChI=1S/C9H20O/c1-5-9(4,6-2)8(3)7-10/h8,10H,5-7H2,1-4H3. The molecule has 0 fully saturated rings. The van der Waals surface area contributed by atoms with Crippen LogP contribution in [0.2, 0.25) is 0 Å². The summed E-state index contributed by atoms with van der Waals surface area (Å²) in [6.45, 7) is 9.06. The van der Waals surface area contributed by atoms with E-state index in [1.807, 2.05) is 0 Å². The molecule has 0 aliphatic rings. The first-order valence-electron chi connectivity index (χ1n) is 4.21. The smallest absolute Gasteiger partial charge is 0.0461 e. The third-order valence-corrected chi connectivity index (χ3v) is 3.08. The lowest BCUT2D eigenvalue weighted by molar-refractivity contribution is 0.107. The van der Waals surface area contributed by atoms with Crippen molar-refractivity contribution in [3.8, 4) is 0 Å². The maximum atomic E-state index is 8.93. The number of rotatable bonds is 4. The van der Waals surface area contributed by atoms with E-state index in [-0.39, 0.29) is 0 Å². The van der Waals surface area contributed by atoms with Gasteiger partial charge in [-0.2, -0.15) is 0 Å². The fourth-order valence-corrected chi connectivity index (χ4v) is 1.17. The van der Waals surface area contributed by atoms with Crippen molar-refractivity contribution >= 4 is 0 Å². The van der Waals surface area contributed by atoms with E-state index in [0.717, 1.165) is 12.8 Å². The van der Waals surface area contributed by atoms with Gasteiger partial charge in [-0.05, 0) is 11.3 Å². The van der Waals surface area contributed by atoms with E-state index >= 15 is 0 Å². The fourth-order valence-electron chi connectivity index (χ4n) is 1.17. The van der Waals surface area contributed by atoms with Gasteiger partial charge in [0, 0.05) is 6.61 Å². The van der Waals surface area contributed by atoms with Crippen molar-refractivity contribution in [2.45, 2.75) is 40.5 Å². The zero-order valence-corrected chi connectivity index (χ0v) is 7.65. The lowest BCUT2D eigenvalue weighted by atomic mass is 9.74. The van der Waals surface area contributed by atoms with E-state index in [1.54, 1.807) is 0 Å². The van der Waals surface area contributed by atoms with Gasteiger partial charge in [0.1, 0.15) is 0 Å². The zero-order chi connectivity index (χ0) is 8.20. The Morgan fingerprint density at radius 1 is 1.30 bits per heavy atom. The van der Waals surface area contributed by atoms with Crippen LogP contribution in [0, 0.1) is 11.3 Å². The van der Waals surface area contributed by atoms with Crippen LogP contribution in [0.25, 0.3) is 0 Å². The van der Waals surface area contributed by atoms with Gasteiger partial charge in [-0.1, -0.05) is 40.5 Å². The van der Waals surface area contributed by atoms with Crippen molar-refractivity contribution < 1.29 is 5.11 Å². The molecular weight excluding hydrogens is 124 g/mol. The molecule has 1 N–H and O–H groups in total. The first-order valence-corrected chi connectivity index (χ1v) is 4.21. The molecule has 0 aliphatic heterocycles. The quantitative estimate of drug-likeness (QED) is 0.642. The summed E-state index contributed by atoms with van der Waals surface area (Å²) in [5.74, 6) is 0.433. The lowest BCUT2D eigenvalue weighted by Gasteiger charge is -2.32. The minimum Gasteiger partial charge on any atom is -0.396 e. The van der Waals surface area contributed by atoms with Gasteiger partial charge >= 0.3 is 0 Å². The molecule has 1 unspecified atom stereocenters. The SMILES string of the molecule is CCC(C)(CC)C(C)CO. The highest BCUT2D eigenvalue weighted by atomic mass is 16.3. The van der Waals surface area contributed by atoms with Crippen LogP contribution >= 0.6 is 0 Å². The van der Waals surface area contributed by atoms with Crippen LogP contribution < -0.4 is 0 Å². The summed E-state index contributed by atoms with van der Waals surface area (Å²) in [4.78, 5) is 0. The molecular formula is C9H20O. The molecule has 0 heterocycles. The Bertz CT molecular complexity index is 84.7. The van der Waals surface area contributed by atoms with E-state index in [1.165, 1.54) is 0 Å². The molecule has 1 nitrogen and oxygen atoms in total. The van der Waals surface area contributed by atoms with Gasteiger partial charge in [0.15, 0.2) is 0 Å². The van der Waals surface area contributed by atoms with Crippen LogP contribution in [0.3, 0.4) is 0 Å². The second-order valence-electron chi connectivity index (χ2n) is 3.44. The van der Waals surface area contributed by atoms with Gasteiger partial charge < -0.3 is 5.11 Å². The maximum absolute atomic E-state index is 8.93. The van der Waals surface area contributed by atoms with E-state index < -0.39 is 0 Å². The minimum absolute atomic E-state index is 0.318. The Morgan fingerprint density at radius 3 is 1.80 bits per heavy atom. The Labute approximate surface area is 64.5 Å². The average molecular weight is 144 g/mol. The minimum atomic E-state index is 0.318. The molecule has 0 amide bonds. The summed E-state index contributed by atoms with van der Waals surface area (Å²) in [5.41, 5.74) is 0.342. The first kappa shape index (κ1) is 9.96. The maximum Gasteiger partial charge on any atom is 0.0461 e. The highest BCUT2D eigenvalue weighted by Crippen LogP contribution is 2.33. The number of hydrogen-bond donors (Lipinski definition) is 1. The van der Waals surface area contributed by atoms with Gasteiger partial charge in [0.2, 0.25) is 0 Å². The molecule has 0 aromatic carbocycles. The van der Waals surface area contributed by atoms with Crippen molar-refractivity contribution in [1.82, 2.24) is 0 Å².